The maximum Gasteiger partial charge on any atom is 0.412 e. The van der Waals surface area contributed by atoms with Gasteiger partial charge >= 0.3 is 6.09 Å². The van der Waals surface area contributed by atoms with E-state index >= 15 is 4.39 Å². The van der Waals surface area contributed by atoms with Gasteiger partial charge in [0.1, 0.15) is 11.4 Å². The molecular formula is C31H29ClF2N4O3. The van der Waals surface area contributed by atoms with Crippen LogP contribution in [0.15, 0.2) is 79.0 Å². The number of nitrogens with two attached hydrogens (primary N) is 1. The molecule has 2 amide bonds. The maximum absolute atomic E-state index is 15.3. The van der Waals surface area contributed by atoms with Crippen LogP contribution < -0.4 is 16.4 Å². The molecule has 4 rings (SSSR count). The number of nitrogens with one attached hydrogen (secondary N) is 2. The van der Waals surface area contributed by atoms with Gasteiger partial charge < -0.3 is 15.8 Å². The summed E-state index contributed by atoms with van der Waals surface area (Å²) in [6, 6.07) is 19.1. The second-order valence-electron chi connectivity index (χ2n) is 10.3. The van der Waals surface area contributed by atoms with Gasteiger partial charge in [0.15, 0.2) is 5.82 Å². The van der Waals surface area contributed by atoms with Crippen LogP contribution in [0.5, 0.6) is 0 Å². The molecule has 41 heavy (non-hydrogen) atoms. The lowest BCUT2D eigenvalue weighted by Crippen LogP contribution is -2.27. The summed E-state index contributed by atoms with van der Waals surface area (Å²) < 4.78 is 34.1. The Morgan fingerprint density at radius 2 is 1.68 bits per heavy atom. The van der Waals surface area contributed by atoms with Crippen LogP contribution in [-0.2, 0) is 16.0 Å². The van der Waals surface area contributed by atoms with Crippen LogP contribution in [0.3, 0.4) is 0 Å². The normalized spacial score (nSPS) is 12.0. The summed E-state index contributed by atoms with van der Waals surface area (Å²) >= 11 is 6.07. The largest absolute Gasteiger partial charge is 0.444 e. The molecule has 0 spiro atoms. The van der Waals surface area contributed by atoms with Gasteiger partial charge in [0.25, 0.3) is 0 Å². The zero-order valence-corrected chi connectivity index (χ0v) is 23.4. The average molecular weight is 579 g/mol. The van der Waals surface area contributed by atoms with Crippen LogP contribution in [0.1, 0.15) is 37.9 Å². The Bertz CT molecular complexity index is 1560. The summed E-state index contributed by atoms with van der Waals surface area (Å²) in [6.07, 6.45) is 0.948. The molecular weight excluding hydrogens is 550 g/mol. The molecule has 0 aliphatic carbocycles. The van der Waals surface area contributed by atoms with Crippen molar-refractivity contribution < 1.29 is 23.1 Å². The molecule has 0 saturated heterocycles. The lowest BCUT2D eigenvalue weighted by Gasteiger charge is -2.21. The van der Waals surface area contributed by atoms with Crippen molar-refractivity contribution in [2.45, 2.75) is 38.7 Å². The number of pyridine rings is 1. The van der Waals surface area contributed by atoms with Gasteiger partial charge in [-0.25, -0.2) is 13.6 Å². The van der Waals surface area contributed by atoms with Crippen LogP contribution in [0.4, 0.5) is 30.6 Å². The fourth-order valence-corrected chi connectivity index (χ4v) is 4.32. The predicted octanol–water partition coefficient (Wildman–Crippen LogP) is 7.57. The Labute approximate surface area is 241 Å². The number of carbonyl (C=O) groups excluding carboxylic acids is 2. The molecule has 0 radical (unpaired) electrons. The molecule has 0 fully saturated rings. The van der Waals surface area contributed by atoms with Gasteiger partial charge in [-0.1, -0.05) is 48.0 Å². The van der Waals surface area contributed by atoms with E-state index in [-0.39, 0.29) is 27.6 Å². The number of nitrogens with zero attached hydrogens (tertiary/aromatic N) is 1. The number of rotatable bonds is 7. The van der Waals surface area contributed by atoms with E-state index in [4.69, 9.17) is 22.1 Å². The van der Waals surface area contributed by atoms with E-state index < -0.39 is 35.2 Å². The average Bonchev–Trinajstić information content (AvgIpc) is 2.91. The number of hydrogen-bond donors (Lipinski definition) is 3. The molecule has 7 nitrogen and oxygen atoms in total. The lowest BCUT2D eigenvalue weighted by molar-refractivity contribution is -0.117. The fourth-order valence-electron chi connectivity index (χ4n) is 4.16. The van der Waals surface area contributed by atoms with Crippen molar-refractivity contribution in [3.63, 3.8) is 0 Å². The molecule has 10 heteroatoms. The van der Waals surface area contributed by atoms with Gasteiger partial charge in [-0.05, 0) is 69.2 Å². The topological polar surface area (TPSA) is 106 Å². The van der Waals surface area contributed by atoms with E-state index in [1.807, 2.05) is 30.3 Å². The highest BCUT2D eigenvalue weighted by molar-refractivity contribution is 6.31. The van der Waals surface area contributed by atoms with Crippen LogP contribution in [0, 0.1) is 11.6 Å². The van der Waals surface area contributed by atoms with Crippen molar-refractivity contribution in [2.24, 2.45) is 0 Å². The molecule has 1 atom stereocenters. The summed E-state index contributed by atoms with van der Waals surface area (Å²) in [6.45, 7) is 5.14. The molecule has 0 saturated carbocycles. The van der Waals surface area contributed by atoms with E-state index in [0.29, 0.717) is 17.7 Å². The third-order valence-corrected chi connectivity index (χ3v) is 6.33. The molecule has 3 aromatic carbocycles. The monoisotopic (exact) mass is 578 g/mol. The molecule has 4 N–H and O–H groups in total. The van der Waals surface area contributed by atoms with Gasteiger partial charge in [-0.2, -0.15) is 0 Å². The Morgan fingerprint density at radius 1 is 0.976 bits per heavy atom. The first-order valence-corrected chi connectivity index (χ1v) is 13.1. The number of nitrogen functional groups attached to an aromatic ring is 1. The minimum Gasteiger partial charge on any atom is -0.444 e. The number of anilines is 3. The van der Waals surface area contributed by atoms with Gasteiger partial charge in [0.2, 0.25) is 5.91 Å². The highest BCUT2D eigenvalue weighted by atomic mass is 35.5. The number of amides is 2. The van der Waals surface area contributed by atoms with E-state index in [9.17, 15) is 14.0 Å². The molecule has 0 aliphatic heterocycles. The van der Waals surface area contributed by atoms with Gasteiger partial charge in [-0.15, -0.1) is 0 Å². The Morgan fingerprint density at radius 3 is 2.32 bits per heavy atom. The third-order valence-electron chi connectivity index (χ3n) is 6.03. The Hall–Kier alpha value is -4.50. The van der Waals surface area contributed by atoms with Crippen molar-refractivity contribution in [2.75, 3.05) is 16.4 Å². The van der Waals surface area contributed by atoms with Gasteiger partial charge in [-0.3, -0.25) is 15.1 Å². The first kappa shape index (κ1) is 29.5. The molecule has 1 aromatic heterocycles. The Kier molecular flexibility index (Phi) is 8.88. The quantitative estimate of drug-likeness (QED) is 0.196. The highest BCUT2D eigenvalue weighted by Gasteiger charge is 2.25. The third kappa shape index (κ3) is 7.58. The van der Waals surface area contributed by atoms with Crippen molar-refractivity contribution >= 4 is 40.7 Å². The highest BCUT2D eigenvalue weighted by Crippen LogP contribution is 2.35. The minimum atomic E-state index is -0.764. The van der Waals surface area contributed by atoms with Gasteiger partial charge in [0.05, 0.1) is 33.7 Å². The van der Waals surface area contributed by atoms with Crippen LogP contribution in [0.25, 0.3) is 11.1 Å². The molecule has 4 aromatic rings. The number of hydrogen-bond acceptors (Lipinski definition) is 5. The van der Waals surface area contributed by atoms with E-state index in [2.05, 4.69) is 15.6 Å². The summed E-state index contributed by atoms with van der Waals surface area (Å²) in [7, 11) is 0. The van der Waals surface area contributed by atoms with Crippen molar-refractivity contribution in [1.82, 2.24) is 4.98 Å². The number of benzene rings is 3. The van der Waals surface area contributed by atoms with Crippen molar-refractivity contribution in [3.8, 4) is 11.1 Å². The first-order valence-electron chi connectivity index (χ1n) is 12.8. The number of halogens is 3. The predicted molar refractivity (Wildman–Crippen MR) is 157 cm³/mol. The molecule has 0 bridgehead atoms. The number of aromatic nitrogens is 1. The lowest BCUT2D eigenvalue weighted by atomic mass is 9.93. The first-order chi connectivity index (χ1) is 19.4. The minimum absolute atomic E-state index is 0.0190. The van der Waals surface area contributed by atoms with E-state index in [0.717, 1.165) is 11.6 Å². The SMILES string of the molecule is CC(C)(C)OC(=O)Nc1ccc(Cl)c(F)c1-c1ccc(C(Cc2ccccc2)C(=O)Nc2ccc(F)cc2N)nc1. The van der Waals surface area contributed by atoms with E-state index in [1.165, 1.54) is 30.5 Å². The number of carbonyl (C=O) groups is 2. The second-order valence-corrected chi connectivity index (χ2v) is 10.8. The van der Waals surface area contributed by atoms with Crippen molar-refractivity contribution in [3.05, 3.63) is 107 Å². The number of ether oxygens (including phenoxy) is 1. The summed E-state index contributed by atoms with van der Waals surface area (Å²) in [5, 5.41) is 5.19. The summed E-state index contributed by atoms with van der Waals surface area (Å²) in [4.78, 5) is 30.4. The molecule has 212 valence electrons. The maximum atomic E-state index is 15.3. The van der Waals surface area contributed by atoms with Crippen LogP contribution in [-0.4, -0.2) is 22.6 Å². The van der Waals surface area contributed by atoms with Crippen LogP contribution in [0.2, 0.25) is 5.02 Å². The molecule has 0 aliphatic rings. The zero-order chi connectivity index (χ0) is 29.7. The summed E-state index contributed by atoms with van der Waals surface area (Å²) in [5.74, 6) is -2.44. The van der Waals surface area contributed by atoms with Crippen LogP contribution >= 0.6 is 11.6 Å². The fraction of sp³-hybridized carbons (Fsp3) is 0.194. The molecule has 1 heterocycles. The Balaban J connectivity index is 1.67. The second kappa shape index (κ2) is 12.3. The van der Waals surface area contributed by atoms with E-state index in [1.54, 1.807) is 32.9 Å². The van der Waals surface area contributed by atoms with Gasteiger partial charge in [0, 0.05) is 17.3 Å². The zero-order valence-electron chi connectivity index (χ0n) is 22.7. The smallest absolute Gasteiger partial charge is 0.412 e. The standard InChI is InChI=1S/C31H29ClF2N4O3/c1-31(2,3)41-30(40)38-26-14-11-22(32)28(34)27(26)19-9-12-24(36-17-19)21(15-18-7-5-4-6-8-18)29(39)37-25-13-10-20(33)16-23(25)35/h4-14,16-17,21H,15,35H2,1-3H3,(H,37,39)(H,38,40). The molecule has 1 unspecified atom stereocenters. The van der Waals surface area contributed by atoms with Crippen molar-refractivity contribution in [1.29, 1.82) is 0 Å². The summed E-state index contributed by atoms with van der Waals surface area (Å²) in [5.41, 5.74) is 7.26.